The zero-order valence-electron chi connectivity index (χ0n) is 10.1. The number of nitro benzene ring substituents is 1. The van der Waals surface area contributed by atoms with E-state index in [1.165, 1.54) is 24.3 Å². The lowest BCUT2D eigenvalue weighted by atomic mass is 10.2. The standard InChI is InChI=1S/C12H6Cl3N3O3/c13-8-2-1-7(5-9(8)18(20)21)16-12(19)6-3-10(14)17-11(15)4-6/h1-5H,(H,16,19). The highest BCUT2D eigenvalue weighted by Gasteiger charge is 2.15. The van der Waals surface area contributed by atoms with E-state index in [1.807, 2.05) is 0 Å². The number of hydrogen-bond donors (Lipinski definition) is 1. The van der Waals surface area contributed by atoms with Gasteiger partial charge < -0.3 is 5.32 Å². The minimum absolute atomic E-state index is 0.0204. The van der Waals surface area contributed by atoms with Crippen LogP contribution in [0.1, 0.15) is 10.4 Å². The van der Waals surface area contributed by atoms with E-state index in [4.69, 9.17) is 34.8 Å². The van der Waals surface area contributed by atoms with Crippen LogP contribution >= 0.6 is 34.8 Å². The van der Waals surface area contributed by atoms with Gasteiger partial charge in [0.2, 0.25) is 0 Å². The van der Waals surface area contributed by atoms with Gasteiger partial charge in [-0.25, -0.2) is 4.98 Å². The van der Waals surface area contributed by atoms with Crippen LogP contribution in [-0.4, -0.2) is 15.8 Å². The number of anilines is 1. The summed E-state index contributed by atoms with van der Waals surface area (Å²) in [5, 5.41) is 13.4. The number of halogens is 3. The van der Waals surface area contributed by atoms with E-state index in [-0.39, 0.29) is 32.3 Å². The number of aromatic nitrogens is 1. The van der Waals surface area contributed by atoms with E-state index in [0.29, 0.717) is 0 Å². The molecule has 0 radical (unpaired) electrons. The lowest BCUT2D eigenvalue weighted by Crippen LogP contribution is -2.12. The summed E-state index contributed by atoms with van der Waals surface area (Å²) in [5.41, 5.74) is 0.0954. The van der Waals surface area contributed by atoms with Crippen molar-refractivity contribution in [2.24, 2.45) is 0 Å². The van der Waals surface area contributed by atoms with Crippen molar-refractivity contribution in [2.75, 3.05) is 5.32 Å². The third-order valence-corrected chi connectivity index (χ3v) is 3.13. The Hall–Kier alpha value is -1.89. The van der Waals surface area contributed by atoms with Crippen molar-refractivity contribution in [2.45, 2.75) is 0 Å². The Kier molecular flexibility index (Phi) is 4.62. The highest BCUT2D eigenvalue weighted by atomic mass is 35.5. The summed E-state index contributed by atoms with van der Waals surface area (Å²) < 4.78 is 0. The molecule has 1 heterocycles. The molecule has 0 unspecified atom stereocenters. The van der Waals surface area contributed by atoms with Gasteiger partial charge in [0.15, 0.2) is 0 Å². The van der Waals surface area contributed by atoms with Gasteiger partial charge in [0.25, 0.3) is 11.6 Å². The third kappa shape index (κ3) is 3.81. The summed E-state index contributed by atoms with van der Waals surface area (Å²) in [5.74, 6) is -0.530. The molecule has 0 bridgehead atoms. The largest absolute Gasteiger partial charge is 0.322 e. The molecule has 0 aliphatic rings. The summed E-state index contributed by atoms with van der Waals surface area (Å²) in [6.07, 6.45) is 0. The maximum absolute atomic E-state index is 12.0. The molecule has 21 heavy (non-hydrogen) atoms. The molecule has 0 saturated heterocycles. The lowest BCUT2D eigenvalue weighted by molar-refractivity contribution is -0.384. The van der Waals surface area contributed by atoms with E-state index >= 15 is 0 Å². The number of nitro groups is 1. The molecule has 0 atom stereocenters. The van der Waals surface area contributed by atoms with Gasteiger partial charge in [-0.2, -0.15) is 0 Å². The third-order valence-electron chi connectivity index (χ3n) is 2.43. The van der Waals surface area contributed by atoms with Crippen molar-refractivity contribution in [3.8, 4) is 0 Å². The quantitative estimate of drug-likeness (QED) is 0.512. The Morgan fingerprint density at radius 1 is 1.14 bits per heavy atom. The molecule has 2 rings (SSSR count). The summed E-state index contributed by atoms with van der Waals surface area (Å²) in [4.78, 5) is 25.9. The minimum atomic E-state index is -0.641. The molecule has 9 heteroatoms. The van der Waals surface area contributed by atoms with Crippen LogP contribution < -0.4 is 5.32 Å². The van der Waals surface area contributed by atoms with Crippen molar-refractivity contribution in [3.05, 3.63) is 61.3 Å². The lowest BCUT2D eigenvalue weighted by Gasteiger charge is -2.06. The number of amides is 1. The maximum Gasteiger partial charge on any atom is 0.289 e. The fourth-order valence-corrected chi connectivity index (χ4v) is 2.18. The van der Waals surface area contributed by atoms with E-state index in [9.17, 15) is 14.9 Å². The molecule has 0 saturated carbocycles. The van der Waals surface area contributed by atoms with Crippen molar-refractivity contribution in [1.29, 1.82) is 0 Å². The second-order valence-electron chi connectivity index (χ2n) is 3.88. The molecule has 1 N–H and O–H groups in total. The van der Waals surface area contributed by atoms with E-state index < -0.39 is 10.8 Å². The van der Waals surface area contributed by atoms with Crippen LogP contribution in [0.5, 0.6) is 0 Å². The van der Waals surface area contributed by atoms with Gasteiger partial charge >= 0.3 is 0 Å². The predicted octanol–water partition coefficient (Wildman–Crippen LogP) is 4.20. The molecule has 1 aromatic heterocycles. The Labute approximate surface area is 133 Å². The molecule has 0 aliphatic carbocycles. The Balaban J connectivity index is 2.27. The maximum atomic E-state index is 12.0. The Bertz CT molecular complexity index is 717. The van der Waals surface area contributed by atoms with Gasteiger partial charge in [-0.3, -0.25) is 14.9 Å². The van der Waals surface area contributed by atoms with Crippen LogP contribution in [0, 0.1) is 10.1 Å². The molecule has 0 fully saturated rings. The van der Waals surface area contributed by atoms with Crippen molar-refractivity contribution < 1.29 is 9.72 Å². The van der Waals surface area contributed by atoms with Crippen LogP contribution in [0.3, 0.4) is 0 Å². The molecule has 1 amide bonds. The Morgan fingerprint density at radius 3 is 2.33 bits per heavy atom. The van der Waals surface area contributed by atoms with E-state index in [0.717, 1.165) is 6.07 Å². The van der Waals surface area contributed by atoms with Crippen molar-refractivity contribution in [3.63, 3.8) is 0 Å². The number of carbonyl (C=O) groups excluding carboxylic acids is 1. The first kappa shape index (κ1) is 15.5. The average Bonchev–Trinajstić information content (AvgIpc) is 2.39. The van der Waals surface area contributed by atoms with E-state index in [1.54, 1.807) is 0 Å². The molecule has 0 aliphatic heterocycles. The Morgan fingerprint density at radius 2 is 1.76 bits per heavy atom. The van der Waals surface area contributed by atoms with Crippen LogP contribution in [0.4, 0.5) is 11.4 Å². The van der Waals surface area contributed by atoms with Crippen LogP contribution in [-0.2, 0) is 0 Å². The van der Waals surface area contributed by atoms with Crippen molar-refractivity contribution in [1.82, 2.24) is 4.98 Å². The molecule has 2 aromatic rings. The molecule has 1 aromatic carbocycles. The van der Waals surface area contributed by atoms with Gasteiger partial charge in [-0.1, -0.05) is 34.8 Å². The number of hydrogen-bond acceptors (Lipinski definition) is 4. The topological polar surface area (TPSA) is 85.1 Å². The highest BCUT2D eigenvalue weighted by molar-refractivity contribution is 6.33. The summed E-state index contributed by atoms with van der Waals surface area (Å²) in [6, 6.07) is 6.57. The van der Waals surface area contributed by atoms with Gasteiger partial charge in [0.05, 0.1) is 4.92 Å². The first-order valence-electron chi connectivity index (χ1n) is 5.45. The number of nitrogens with zero attached hydrogens (tertiary/aromatic N) is 2. The number of pyridine rings is 1. The van der Waals surface area contributed by atoms with Gasteiger partial charge in [-0.05, 0) is 24.3 Å². The summed E-state index contributed by atoms with van der Waals surface area (Å²) in [6.45, 7) is 0. The normalized spacial score (nSPS) is 10.2. The molecular formula is C12H6Cl3N3O3. The summed E-state index contributed by atoms with van der Waals surface area (Å²) in [7, 11) is 0. The zero-order valence-corrected chi connectivity index (χ0v) is 12.4. The number of carbonyl (C=O) groups is 1. The smallest absolute Gasteiger partial charge is 0.289 e. The minimum Gasteiger partial charge on any atom is -0.322 e. The summed E-state index contributed by atoms with van der Waals surface area (Å²) >= 11 is 17.1. The molecule has 0 spiro atoms. The van der Waals surface area contributed by atoms with Crippen molar-refractivity contribution >= 4 is 52.1 Å². The number of benzene rings is 1. The molecular weight excluding hydrogens is 341 g/mol. The molecule has 6 nitrogen and oxygen atoms in total. The number of nitrogens with one attached hydrogen (secondary N) is 1. The fraction of sp³-hybridized carbons (Fsp3) is 0. The van der Waals surface area contributed by atoms with Crippen LogP contribution in [0.25, 0.3) is 0 Å². The van der Waals surface area contributed by atoms with Crippen LogP contribution in [0.2, 0.25) is 15.3 Å². The second kappa shape index (κ2) is 6.26. The SMILES string of the molecule is O=C(Nc1ccc(Cl)c([N+](=O)[O-])c1)c1cc(Cl)nc(Cl)c1. The highest BCUT2D eigenvalue weighted by Crippen LogP contribution is 2.27. The van der Waals surface area contributed by atoms with Crippen LogP contribution in [0.15, 0.2) is 30.3 Å². The molecule has 108 valence electrons. The fourth-order valence-electron chi connectivity index (χ4n) is 1.53. The van der Waals surface area contributed by atoms with Gasteiger partial charge in [-0.15, -0.1) is 0 Å². The zero-order chi connectivity index (χ0) is 15.6. The van der Waals surface area contributed by atoms with E-state index in [2.05, 4.69) is 10.3 Å². The predicted molar refractivity (Wildman–Crippen MR) is 80.3 cm³/mol. The number of rotatable bonds is 3. The first-order chi connectivity index (χ1) is 9.86. The van der Waals surface area contributed by atoms with Gasteiger partial charge in [0, 0.05) is 17.3 Å². The average molecular weight is 347 g/mol. The second-order valence-corrected chi connectivity index (χ2v) is 5.06. The van der Waals surface area contributed by atoms with Gasteiger partial charge in [0.1, 0.15) is 15.3 Å². The monoisotopic (exact) mass is 345 g/mol. The first-order valence-corrected chi connectivity index (χ1v) is 6.58.